The van der Waals surface area contributed by atoms with Crippen molar-refractivity contribution in [1.29, 1.82) is 0 Å². The molecular weight excluding hydrogens is 386 g/mol. The van der Waals surface area contributed by atoms with Gasteiger partial charge in [-0.05, 0) is 71.0 Å². The Hall–Kier alpha value is -3.75. The van der Waals surface area contributed by atoms with E-state index in [9.17, 15) is 0 Å². The van der Waals surface area contributed by atoms with E-state index in [-0.39, 0.29) is 6.04 Å². The van der Waals surface area contributed by atoms with Crippen LogP contribution in [0.15, 0.2) is 42.5 Å². The molecule has 1 aliphatic rings. The molecule has 0 aliphatic carbocycles. The molecule has 1 aromatic heterocycles. The van der Waals surface area contributed by atoms with Crippen LogP contribution < -0.4 is 24.3 Å². The maximum Gasteiger partial charge on any atom is 0.248 e. The highest BCUT2D eigenvalue weighted by Gasteiger charge is 2.26. The molecule has 0 unspecified atom stereocenters. The molecule has 156 valence electrons. The summed E-state index contributed by atoms with van der Waals surface area (Å²) in [6, 6.07) is 11.4. The van der Waals surface area contributed by atoms with Gasteiger partial charge in [-0.3, -0.25) is 0 Å². The fourth-order valence-corrected chi connectivity index (χ4v) is 3.43. The number of anilines is 1. The van der Waals surface area contributed by atoms with E-state index in [0.717, 1.165) is 22.6 Å². The van der Waals surface area contributed by atoms with Crippen molar-refractivity contribution in [3.8, 4) is 23.0 Å². The van der Waals surface area contributed by atoms with Crippen LogP contribution in [0.5, 0.6) is 23.0 Å². The molecule has 4 rings (SSSR count). The first-order chi connectivity index (χ1) is 14.7. The van der Waals surface area contributed by atoms with Gasteiger partial charge in [0.15, 0.2) is 11.5 Å². The number of tetrazole rings is 1. The smallest absolute Gasteiger partial charge is 0.248 e. The second-order valence-corrected chi connectivity index (χ2v) is 6.51. The van der Waals surface area contributed by atoms with Gasteiger partial charge in [-0.15, -0.1) is 0 Å². The lowest BCUT2D eigenvalue weighted by Gasteiger charge is -2.24. The third kappa shape index (κ3) is 3.49. The molecule has 1 atom stereocenters. The van der Waals surface area contributed by atoms with Gasteiger partial charge >= 0.3 is 0 Å². The summed E-state index contributed by atoms with van der Waals surface area (Å²) in [7, 11) is 4.76. The number of aromatic nitrogens is 4. The molecule has 2 aromatic carbocycles. The van der Waals surface area contributed by atoms with Crippen molar-refractivity contribution in [2.75, 3.05) is 33.3 Å². The summed E-state index contributed by atoms with van der Waals surface area (Å²) in [5, 5.41) is 15.4. The molecule has 0 spiro atoms. The molecule has 0 amide bonds. The topological polar surface area (TPSA) is 92.5 Å². The highest BCUT2D eigenvalue weighted by Crippen LogP contribution is 2.42. The van der Waals surface area contributed by atoms with Crippen molar-refractivity contribution in [2.24, 2.45) is 0 Å². The quantitative estimate of drug-likeness (QED) is 0.636. The summed E-state index contributed by atoms with van der Waals surface area (Å²) < 4.78 is 23.7. The van der Waals surface area contributed by atoms with Gasteiger partial charge in [0.25, 0.3) is 0 Å². The van der Waals surface area contributed by atoms with Crippen molar-refractivity contribution in [2.45, 2.75) is 13.0 Å². The third-order valence-electron chi connectivity index (χ3n) is 4.83. The molecule has 9 nitrogen and oxygen atoms in total. The normalized spacial score (nSPS) is 14.9. The number of nitrogens with one attached hydrogen (secondary N) is 1. The zero-order valence-electron chi connectivity index (χ0n) is 17.2. The number of hydrogen-bond donors (Lipinski definition) is 1. The summed E-state index contributed by atoms with van der Waals surface area (Å²) in [4.78, 5) is 0. The van der Waals surface area contributed by atoms with Crippen molar-refractivity contribution in [3.05, 3.63) is 53.6 Å². The summed E-state index contributed by atoms with van der Waals surface area (Å²) in [5.41, 5.74) is 2.77. The van der Waals surface area contributed by atoms with Gasteiger partial charge < -0.3 is 24.3 Å². The van der Waals surface area contributed by atoms with E-state index in [1.165, 1.54) is 0 Å². The lowest BCUT2D eigenvalue weighted by molar-refractivity contribution is 0.323. The Balaban J connectivity index is 1.78. The zero-order valence-corrected chi connectivity index (χ0v) is 17.2. The number of ether oxygens (including phenoxy) is 4. The average molecular weight is 409 g/mol. The Kier molecular flexibility index (Phi) is 5.42. The highest BCUT2D eigenvalue weighted by molar-refractivity contribution is 5.77. The minimum Gasteiger partial charge on any atom is -0.494 e. The monoisotopic (exact) mass is 409 g/mol. The maximum absolute atomic E-state index is 5.54. The molecule has 9 heteroatoms. The zero-order chi connectivity index (χ0) is 21.1. The van der Waals surface area contributed by atoms with Gasteiger partial charge in [0.05, 0.1) is 27.9 Å². The van der Waals surface area contributed by atoms with E-state index in [2.05, 4.69) is 26.9 Å². The van der Waals surface area contributed by atoms with E-state index in [0.29, 0.717) is 29.8 Å². The lowest BCUT2D eigenvalue weighted by atomic mass is 10.0. The third-order valence-corrected chi connectivity index (χ3v) is 4.83. The fraction of sp³-hybridized carbons (Fsp3) is 0.286. The second kappa shape index (κ2) is 8.32. The van der Waals surface area contributed by atoms with Gasteiger partial charge in [-0.1, -0.05) is 5.10 Å². The van der Waals surface area contributed by atoms with E-state index < -0.39 is 0 Å². The summed E-state index contributed by atoms with van der Waals surface area (Å²) in [6.45, 7) is 2.58. The van der Waals surface area contributed by atoms with Crippen molar-refractivity contribution in [3.63, 3.8) is 0 Å². The average Bonchev–Trinajstić information content (AvgIpc) is 3.27. The van der Waals surface area contributed by atoms with Crippen LogP contribution in [0.1, 0.15) is 24.1 Å². The van der Waals surface area contributed by atoms with Crippen LogP contribution in [-0.4, -0.2) is 48.1 Å². The van der Waals surface area contributed by atoms with Gasteiger partial charge in [0.1, 0.15) is 11.8 Å². The number of hydrogen-bond acceptors (Lipinski definition) is 8. The van der Waals surface area contributed by atoms with Crippen molar-refractivity contribution in [1.82, 2.24) is 20.2 Å². The van der Waals surface area contributed by atoms with E-state index >= 15 is 0 Å². The molecular formula is C21H23N5O4. The predicted molar refractivity (Wildman–Crippen MR) is 111 cm³/mol. The van der Waals surface area contributed by atoms with Gasteiger partial charge in [-0.2, -0.15) is 4.68 Å². The van der Waals surface area contributed by atoms with Gasteiger partial charge in [0, 0.05) is 5.70 Å². The van der Waals surface area contributed by atoms with Crippen LogP contribution in [0.2, 0.25) is 0 Å². The van der Waals surface area contributed by atoms with E-state index in [4.69, 9.17) is 18.9 Å². The van der Waals surface area contributed by atoms with Crippen LogP contribution in [0.25, 0.3) is 5.70 Å². The molecule has 2 heterocycles. The van der Waals surface area contributed by atoms with E-state index in [1.807, 2.05) is 43.3 Å². The second-order valence-electron chi connectivity index (χ2n) is 6.51. The number of nitrogens with zero attached hydrogens (tertiary/aromatic N) is 4. The lowest BCUT2D eigenvalue weighted by Crippen LogP contribution is -2.20. The van der Waals surface area contributed by atoms with Gasteiger partial charge in [0.2, 0.25) is 11.7 Å². The standard InChI is InChI=1S/C21H23N5O4/c1-5-30-15-8-6-13(7-9-15)16-12-17(26-21(22-16)23-24-25-26)14-10-18(27-2)20(29-4)19(11-14)28-3/h6-12,17H,5H2,1-4H3,(H,22,23,25)/t17-/m1/s1. The first-order valence-corrected chi connectivity index (χ1v) is 9.48. The molecule has 0 saturated heterocycles. The molecule has 0 radical (unpaired) electrons. The molecule has 1 N–H and O–H groups in total. The van der Waals surface area contributed by atoms with Crippen LogP contribution >= 0.6 is 0 Å². The Morgan fingerprint density at radius 2 is 1.70 bits per heavy atom. The molecule has 0 bridgehead atoms. The Morgan fingerprint density at radius 1 is 1.00 bits per heavy atom. The van der Waals surface area contributed by atoms with Crippen LogP contribution in [-0.2, 0) is 0 Å². The minimum absolute atomic E-state index is 0.272. The Morgan fingerprint density at radius 3 is 2.30 bits per heavy atom. The molecule has 3 aromatic rings. The van der Waals surface area contributed by atoms with Gasteiger partial charge in [-0.25, -0.2) is 0 Å². The molecule has 1 aliphatic heterocycles. The summed E-state index contributed by atoms with van der Waals surface area (Å²) in [5.74, 6) is 3.03. The number of allylic oxidation sites excluding steroid dienone is 1. The van der Waals surface area contributed by atoms with Crippen LogP contribution in [0.3, 0.4) is 0 Å². The maximum atomic E-state index is 5.54. The number of fused-ring (bicyclic) bond motifs is 1. The summed E-state index contributed by atoms with van der Waals surface area (Å²) in [6.07, 6.45) is 2.06. The molecule has 30 heavy (non-hydrogen) atoms. The first kappa shape index (κ1) is 19.6. The molecule has 0 saturated carbocycles. The minimum atomic E-state index is -0.272. The van der Waals surface area contributed by atoms with Crippen LogP contribution in [0.4, 0.5) is 5.95 Å². The van der Waals surface area contributed by atoms with Crippen molar-refractivity contribution >= 4 is 11.6 Å². The Labute approximate surface area is 174 Å². The highest BCUT2D eigenvalue weighted by atomic mass is 16.5. The first-order valence-electron chi connectivity index (χ1n) is 9.48. The van der Waals surface area contributed by atoms with Crippen LogP contribution in [0, 0.1) is 0 Å². The SMILES string of the molecule is CCOc1ccc(C2=C[C@H](c3cc(OC)c(OC)c(OC)c3)n3nnnc3N2)cc1. The van der Waals surface area contributed by atoms with E-state index in [1.54, 1.807) is 26.0 Å². The fourth-order valence-electron chi connectivity index (χ4n) is 3.43. The van der Waals surface area contributed by atoms with Crippen molar-refractivity contribution < 1.29 is 18.9 Å². The largest absolute Gasteiger partial charge is 0.494 e. The number of methoxy groups -OCH3 is 3. The predicted octanol–water partition coefficient (Wildman–Crippen LogP) is 3.15. The Bertz CT molecular complexity index is 1040. The number of rotatable bonds is 7. The number of benzene rings is 2. The molecule has 0 fully saturated rings. The summed E-state index contributed by atoms with van der Waals surface area (Å²) >= 11 is 0.